The van der Waals surface area contributed by atoms with Crippen molar-refractivity contribution in [2.75, 3.05) is 13.6 Å². The smallest absolute Gasteiger partial charge is 0.113 e. The molecule has 0 aliphatic rings. The lowest BCUT2D eigenvalue weighted by atomic mass is 10.5. The molecule has 0 fully saturated rings. The van der Waals surface area contributed by atoms with E-state index in [0.29, 0.717) is 5.25 Å². The lowest BCUT2D eigenvalue weighted by Crippen LogP contribution is -2.17. The van der Waals surface area contributed by atoms with Gasteiger partial charge in [-0.1, -0.05) is 6.92 Å². The van der Waals surface area contributed by atoms with Crippen LogP contribution < -0.4 is 5.32 Å². The molecule has 0 amide bonds. The van der Waals surface area contributed by atoms with Crippen molar-refractivity contribution in [2.45, 2.75) is 17.9 Å². The van der Waals surface area contributed by atoms with Crippen LogP contribution in [0.4, 0.5) is 0 Å². The molecule has 0 radical (unpaired) electrons. The Hall–Kier alpha value is -0.410. The Balaban J connectivity index is 2.17. The number of hydrogen-bond donors (Lipinski definition) is 1. The molecule has 0 saturated heterocycles. The Morgan fingerprint density at radius 3 is 3.08 bits per heavy atom. The highest BCUT2D eigenvalue weighted by atomic mass is 32.2. The Morgan fingerprint density at radius 2 is 2.50 bits per heavy atom. The normalized spacial score (nSPS) is 13.2. The van der Waals surface area contributed by atoms with Gasteiger partial charge in [-0.15, -0.1) is 11.8 Å². The molecule has 0 spiro atoms. The van der Waals surface area contributed by atoms with Crippen LogP contribution in [0.5, 0.6) is 0 Å². The van der Waals surface area contributed by atoms with Gasteiger partial charge in [0.05, 0.1) is 12.0 Å². The van der Waals surface area contributed by atoms with Gasteiger partial charge in [0.1, 0.15) is 5.76 Å². The molecule has 2 nitrogen and oxygen atoms in total. The molecule has 68 valence electrons. The predicted molar refractivity (Wildman–Crippen MR) is 53.4 cm³/mol. The summed E-state index contributed by atoms with van der Waals surface area (Å²) in [4.78, 5) is 0. The Labute approximate surface area is 77.7 Å². The summed E-state index contributed by atoms with van der Waals surface area (Å²) in [6.45, 7) is 3.26. The highest BCUT2D eigenvalue weighted by molar-refractivity contribution is 7.99. The number of furan rings is 1. The Morgan fingerprint density at radius 1 is 1.67 bits per heavy atom. The van der Waals surface area contributed by atoms with Gasteiger partial charge in [-0.2, -0.15) is 0 Å². The fraction of sp³-hybridized carbons (Fsp3) is 0.556. The van der Waals surface area contributed by atoms with Crippen molar-refractivity contribution in [3.05, 3.63) is 24.2 Å². The summed E-state index contributed by atoms with van der Waals surface area (Å²) in [7, 11) is 1.98. The van der Waals surface area contributed by atoms with Gasteiger partial charge in [0, 0.05) is 11.8 Å². The van der Waals surface area contributed by atoms with Gasteiger partial charge in [0.25, 0.3) is 0 Å². The van der Waals surface area contributed by atoms with E-state index < -0.39 is 0 Å². The van der Waals surface area contributed by atoms with Gasteiger partial charge in [-0.25, -0.2) is 0 Å². The van der Waals surface area contributed by atoms with Crippen molar-refractivity contribution < 1.29 is 4.42 Å². The number of rotatable bonds is 5. The van der Waals surface area contributed by atoms with Gasteiger partial charge < -0.3 is 9.73 Å². The molecule has 0 aliphatic carbocycles. The van der Waals surface area contributed by atoms with Gasteiger partial charge in [0.2, 0.25) is 0 Å². The van der Waals surface area contributed by atoms with Gasteiger partial charge in [-0.3, -0.25) is 0 Å². The zero-order chi connectivity index (χ0) is 8.81. The van der Waals surface area contributed by atoms with Gasteiger partial charge in [0.15, 0.2) is 0 Å². The first-order valence-corrected chi connectivity index (χ1v) is 5.16. The van der Waals surface area contributed by atoms with E-state index in [-0.39, 0.29) is 0 Å². The predicted octanol–water partition coefficient (Wildman–Crippen LogP) is 2.12. The third-order valence-corrected chi connectivity index (χ3v) is 2.77. The molecule has 3 heteroatoms. The minimum atomic E-state index is 0.639. The summed E-state index contributed by atoms with van der Waals surface area (Å²) in [5.41, 5.74) is 0. The van der Waals surface area contributed by atoms with E-state index in [2.05, 4.69) is 12.2 Å². The molecule has 1 aromatic rings. The first-order valence-electron chi connectivity index (χ1n) is 4.11. The van der Waals surface area contributed by atoms with Crippen LogP contribution in [0, 0.1) is 0 Å². The quantitative estimate of drug-likeness (QED) is 0.760. The van der Waals surface area contributed by atoms with Gasteiger partial charge >= 0.3 is 0 Å². The first kappa shape index (κ1) is 9.68. The number of thioether (sulfide) groups is 1. The van der Waals surface area contributed by atoms with Crippen molar-refractivity contribution >= 4 is 11.8 Å². The molecule has 0 saturated carbocycles. The summed E-state index contributed by atoms with van der Waals surface area (Å²) in [6, 6.07) is 3.94. The van der Waals surface area contributed by atoms with Crippen LogP contribution in [0.15, 0.2) is 22.8 Å². The summed E-state index contributed by atoms with van der Waals surface area (Å²) in [6.07, 6.45) is 1.72. The summed E-state index contributed by atoms with van der Waals surface area (Å²) in [5.74, 6) is 2.03. The molecule has 0 aromatic carbocycles. The fourth-order valence-electron chi connectivity index (χ4n) is 0.965. The van der Waals surface area contributed by atoms with Crippen LogP contribution in [-0.4, -0.2) is 18.8 Å². The fourth-order valence-corrected chi connectivity index (χ4v) is 1.86. The second-order valence-electron chi connectivity index (χ2n) is 2.76. The lowest BCUT2D eigenvalue weighted by Gasteiger charge is -2.08. The maximum absolute atomic E-state index is 5.22. The van der Waals surface area contributed by atoms with E-state index in [1.165, 1.54) is 0 Å². The van der Waals surface area contributed by atoms with Crippen molar-refractivity contribution in [3.8, 4) is 0 Å². The summed E-state index contributed by atoms with van der Waals surface area (Å²) >= 11 is 1.90. The lowest BCUT2D eigenvalue weighted by molar-refractivity contribution is 0.530. The number of nitrogens with one attached hydrogen (secondary N) is 1. The van der Waals surface area contributed by atoms with Crippen LogP contribution in [0.3, 0.4) is 0 Å². The first-order chi connectivity index (χ1) is 5.83. The van der Waals surface area contributed by atoms with Crippen LogP contribution in [-0.2, 0) is 5.75 Å². The van der Waals surface area contributed by atoms with Crippen LogP contribution in [0.1, 0.15) is 12.7 Å². The van der Waals surface area contributed by atoms with E-state index in [1.807, 2.05) is 30.9 Å². The van der Waals surface area contributed by atoms with E-state index >= 15 is 0 Å². The number of hydrogen-bond acceptors (Lipinski definition) is 3. The van der Waals surface area contributed by atoms with E-state index in [0.717, 1.165) is 18.1 Å². The van der Waals surface area contributed by atoms with Crippen molar-refractivity contribution in [2.24, 2.45) is 0 Å². The molecule has 1 unspecified atom stereocenters. The van der Waals surface area contributed by atoms with Crippen molar-refractivity contribution in [3.63, 3.8) is 0 Å². The topological polar surface area (TPSA) is 25.2 Å². The average molecular weight is 185 g/mol. The van der Waals surface area contributed by atoms with Crippen LogP contribution in [0.2, 0.25) is 0 Å². The minimum absolute atomic E-state index is 0.639. The highest BCUT2D eigenvalue weighted by Crippen LogP contribution is 2.16. The average Bonchev–Trinajstić information content (AvgIpc) is 2.53. The van der Waals surface area contributed by atoms with Crippen molar-refractivity contribution in [1.82, 2.24) is 5.32 Å². The molecule has 1 rings (SSSR count). The minimum Gasteiger partial charge on any atom is -0.468 e. The molecule has 0 bridgehead atoms. The molecular weight excluding hydrogens is 170 g/mol. The van der Waals surface area contributed by atoms with Gasteiger partial charge in [-0.05, 0) is 19.2 Å². The SMILES string of the molecule is CNCC(C)SCc1ccco1. The van der Waals surface area contributed by atoms with E-state index in [1.54, 1.807) is 6.26 Å². The summed E-state index contributed by atoms with van der Waals surface area (Å²) in [5, 5.41) is 3.79. The zero-order valence-electron chi connectivity index (χ0n) is 7.54. The molecular formula is C9H15NOS. The molecule has 1 atom stereocenters. The third kappa shape index (κ3) is 3.32. The molecule has 12 heavy (non-hydrogen) atoms. The molecule has 0 aliphatic heterocycles. The third-order valence-electron chi connectivity index (χ3n) is 1.58. The van der Waals surface area contributed by atoms with Crippen molar-refractivity contribution in [1.29, 1.82) is 0 Å². The second-order valence-corrected chi connectivity index (χ2v) is 4.19. The Kier molecular flexibility index (Phi) is 4.25. The standard InChI is InChI=1S/C9H15NOS/c1-8(6-10-2)12-7-9-4-3-5-11-9/h3-5,8,10H,6-7H2,1-2H3. The van der Waals surface area contributed by atoms with E-state index in [4.69, 9.17) is 4.42 Å². The second kappa shape index (κ2) is 5.27. The highest BCUT2D eigenvalue weighted by Gasteiger charge is 2.02. The maximum Gasteiger partial charge on any atom is 0.113 e. The Bertz CT molecular complexity index is 198. The zero-order valence-corrected chi connectivity index (χ0v) is 8.36. The summed E-state index contributed by atoms with van der Waals surface area (Å²) < 4.78 is 5.22. The molecule has 1 aromatic heterocycles. The monoisotopic (exact) mass is 185 g/mol. The van der Waals surface area contributed by atoms with E-state index in [9.17, 15) is 0 Å². The van der Waals surface area contributed by atoms with Crippen LogP contribution >= 0.6 is 11.8 Å². The largest absolute Gasteiger partial charge is 0.468 e. The van der Waals surface area contributed by atoms with Crippen LogP contribution in [0.25, 0.3) is 0 Å². The maximum atomic E-state index is 5.22. The molecule has 1 heterocycles. The molecule has 1 N–H and O–H groups in total.